The number of hydrogen-bond donors (Lipinski definition) is 1. The van der Waals surface area contributed by atoms with E-state index in [4.69, 9.17) is 0 Å². The zero-order chi connectivity index (χ0) is 13.1. The second kappa shape index (κ2) is 5.49. The standard InChI is InChI=1S/C16H19N3/c1-12-5-3-9-17-15(12)11-19-14-8-2-6-13-7-4-10-18-16(13)14/h3-5,7,9-10,14,19H,2,6,8,11H2,1H3. The first-order valence-electron chi connectivity index (χ1n) is 6.92. The Kier molecular flexibility index (Phi) is 3.56. The van der Waals surface area contributed by atoms with Gasteiger partial charge in [-0.2, -0.15) is 0 Å². The SMILES string of the molecule is Cc1cccnc1CNC1CCCc2cccnc21. The van der Waals surface area contributed by atoms with Crippen LogP contribution in [0, 0.1) is 6.92 Å². The normalized spacial score (nSPS) is 18.1. The number of pyridine rings is 2. The van der Waals surface area contributed by atoms with Crippen molar-refractivity contribution in [2.45, 2.75) is 38.8 Å². The summed E-state index contributed by atoms with van der Waals surface area (Å²) in [5, 5.41) is 3.61. The molecular formula is C16H19N3. The smallest absolute Gasteiger partial charge is 0.0605 e. The number of aryl methyl sites for hydroxylation is 2. The molecule has 0 amide bonds. The molecule has 0 spiro atoms. The quantitative estimate of drug-likeness (QED) is 0.914. The summed E-state index contributed by atoms with van der Waals surface area (Å²) in [5.41, 5.74) is 4.99. The summed E-state index contributed by atoms with van der Waals surface area (Å²) in [5.74, 6) is 0. The van der Waals surface area contributed by atoms with E-state index in [-0.39, 0.29) is 0 Å². The molecule has 3 heteroatoms. The van der Waals surface area contributed by atoms with Crippen LogP contribution in [-0.4, -0.2) is 9.97 Å². The van der Waals surface area contributed by atoms with Crippen LogP contribution in [0.3, 0.4) is 0 Å². The van der Waals surface area contributed by atoms with Crippen molar-refractivity contribution in [3.8, 4) is 0 Å². The molecule has 0 bridgehead atoms. The number of fused-ring (bicyclic) bond motifs is 1. The molecule has 1 aliphatic rings. The first-order chi connectivity index (χ1) is 9.34. The van der Waals surface area contributed by atoms with Crippen molar-refractivity contribution < 1.29 is 0 Å². The molecule has 1 atom stereocenters. The molecule has 0 radical (unpaired) electrons. The highest BCUT2D eigenvalue weighted by atomic mass is 15.0. The Morgan fingerprint density at radius 3 is 2.95 bits per heavy atom. The van der Waals surface area contributed by atoms with Crippen LogP contribution in [-0.2, 0) is 13.0 Å². The third kappa shape index (κ3) is 2.66. The zero-order valence-corrected chi connectivity index (χ0v) is 11.3. The zero-order valence-electron chi connectivity index (χ0n) is 11.3. The number of hydrogen-bond acceptors (Lipinski definition) is 3. The van der Waals surface area contributed by atoms with Crippen molar-refractivity contribution in [1.82, 2.24) is 15.3 Å². The van der Waals surface area contributed by atoms with Gasteiger partial charge in [-0.1, -0.05) is 12.1 Å². The van der Waals surface area contributed by atoms with Crippen LogP contribution in [0.5, 0.6) is 0 Å². The first-order valence-corrected chi connectivity index (χ1v) is 6.92. The van der Waals surface area contributed by atoms with Gasteiger partial charge in [-0.15, -0.1) is 0 Å². The topological polar surface area (TPSA) is 37.8 Å². The van der Waals surface area contributed by atoms with E-state index in [9.17, 15) is 0 Å². The second-order valence-electron chi connectivity index (χ2n) is 5.14. The lowest BCUT2D eigenvalue weighted by Crippen LogP contribution is -2.26. The third-order valence-corrected chi connectivity index (χ3v) is 3.83. The Hall–Kier alpha value is -1.74. The maximum atomic E-state index is 4.55. The molecule has 0 saturated heterocycles. The number of aromatic nitrogens is 2. The van der Waals surface area contributed by atoms with E-state index in [1.54, 1.807) is 0 Å². The van der Waals surface area contributed by atoms with Crippen LogP contribution < -0.4 is 5.32 Å². The molecule has 0 aliphatic heterocycles. The molecule has 2 aromatic rings. The van der Waals surface area contributed by atoms with E-state index < -0.39 is 0 Å². The summed E-state index contributed by atoms with van der Waals surface area (Å²) < 4.78 is 0. The molecule has 1 N–H and O–H groups in total. The molecule has 3 rings (SSSR count). The lowest BCUT2D eigenvalue weighted by Gasteiger charge is -2.25. The van der Waals surface area contributed by atoms with Crippen LogP contribution >= 0.6 is 0 Å². The van der Waals surface area contributed by atoms with E-state index in [0.717, 1.165) is 25.1 Å². The maximum absolute atomic E-state index is 4.55. The predicted octanol–water partition coefficient (Wildman–Crippen LogP) is 2.95. The number of rotatable bonds is 3. The minimum atomic E-state index is 0.367. The molecule has 1 aliphatic carbocycles. The van der Waals surface area contributed by atoms with E-state index in [0.29, 0.717) is 6.04 Å². The first kappa shape index (κ1) is 12.3. The van der Waals surface area contributed by atoms with Crippen molar-refractivity contribution in [1.29, 1.82) is 0 Å². The van der Waals surface area contributed by atoms with E-state index in [1.807, 2.05) is 24.5 Å². The summed E-state index contributed by atoms with van der Waals surface area (Å²) in [4.78, 5) is 8.99. The molecular weight excluding hydrogens is 234 g/mol. The van der Waals surface area contributed by atoms with Crippen molar-refractivity contribution in [2.24, 2.45) is 0 Å². The van der Waals surface area contributed by atoms with Gasteiger partial charge in [0, 0.05) is 18.9 Å². The van der Waals surface area contributed by atoms with Gasteiger partial charge in [-0.25, -0.2) is 0 Å². The predicted molar refractivity (Wildman–Crippen MR) is 75.7 cm³/mol. The molecule has 0 saturated carbocycles. The van der Waals surface area contributed by atoms with Crippen LogP contribution in [0.2, 0.25) is 0 Å². The minimum absolute atomic E-state index is 0.367. The summed E-state index contributed by atoms with van der Waals surface area (Å²) >= 11 is 0. The third-order valence-electron chi connectivity index (χ3n) is 3.83. The second-order valence-corrected chi connectivity index (χ2v) is 5.14. The summed E-state index contributed by atoms with van der Waals surface area (Å²) in [6.07, 6.45) is 7.30. The lowest BCUT2D eigenvalue weighted by atomic mass is 9.92. The Bertz CT molecular complexity index is 565. The van der Waals surface area contributed by atoms with Gasteiger partial charge >= 0.3 is 0 Å². The Morgan fingerprint density at radius 1 is 1.21 bits per heavy atom. The van der Waals surface area contributed by atoms with Gasteiger partial charge in [-0.05, 0) is 49.4 Å². The molecule has 2 heterocycles. The highest BCUT2D eigenvalue weighted by Crippen LogP contribution is 2.27. The molecule has 98 valence electrons. The van der Waals surface area contributed by atoms with Crippen molar-refractivity contribution in [2.75, 3.05) is 0 Å². The van der Waals surface area contributed by atoms with E-state index >= 15 is 0 Å². The van der Waals surface area contributed by atoms with Crippen molar-refractivity contribution in [3.63, 3.8) is 0 Å². The van der Waals surface area contributed by atoms with Crippen LogP contribution in [0.25, 0.3) is 0 Å². The fourth-order valence-corrected chi connectivity index (χ4v) is 2.73. The van der Waals surface area contributed by atoms with Gasteiger partial charge < -0.3 is 5.32 Å². The van der Waals surface area contributed by atoms with Crippen molar-refractivity contribution >= 4 is 0 Å². The Labute approximate surface area is 114 Å². The van der Waals surface area contributed by atoms with Gasteiger partial charge in [0.05, 0.1) is 17.4 Å². The Morgan fingerprint density at radius 2 is 2.05 bits per heavy atom. The lowest BCUT2D eigenvalue weighted by molar-refractivity contribution is 0.444. The molecule has 1 unspecified atom stereocenters. The summed E-state index contributed by atoms with van der Waals surface area (Å²) in [6.45, 7) is 2.92. The number of nitrogens with zero attached hydrogens (tertiary/aromatic N) is 2. The van der Waals surface area contributed by atoms with Crippen LogP contribution in [0.1, 0.15) is 41.4 Å². The highest BCUT2D eigenvalue weighted by Gasteiger charge is 2.20. The molecule has 2 aromatic heterocycles. The average Bonchev–Trinajstić information content (AvgIpc) is 2.46. The fourth-order valence-electron chi connectivity index (χ4n) is 2.73. The van der Waals surface area contributed by atoms with Gasteiger partial charge in [0.2, 0.25) is 0 Å². The van der Waals surface area contributed by atoms with E-state index in [1.165, 1.54) is 23.2 Å². The Balaban J connectivity index is 1.73. The molecule has 0 aromatic carbocycles. The molecule has 0 fully saturated rings. The van der Waals surface area contributed by atoms with Crippen LogP contribution in [0.15, 0.2) is 36.7 Å². The molecule has 19 heavy (non-hydrogen) atoms. The summed E-state index contributed by atoms with van der Waals surface area (Å²) in [7, 11) is 0. The highest BCUT2D eigenvalue weighted by molar-refractivity contribution is 5.26. The van der Waals surface area contributed by atoms with E-state index in [2.05, 4.69) is 34.3 Å². The fraction of sp³-hybridized carbons (Fsp3) is 0.375. The van der Waals surface area contributed by atoms with Gasteiger partial charge in [-0.3, -0.25) is 9.97 Å². The van der Waals surface area contributed by atoms with Crippen molar-refractivity contribution in [3.05, 3.63) is 59.2 Å². The monoisotopic (exact) mass is 253 g/mol. The molecule has 3 nitrogen and oxygen atoms in total. The summed E-state index contributed by atoms with van der Waals surface area (Å²) in [6, 6.07) is 8.69. The van der Waals surface area contributed by atoms with Crippen LogP contribution in [0.4, 0.5) is 0 Å². The number of nitrogens with one attached hydrogen (secondary N) is 1. The van der Waals surface area contributed by atoms with Gasteiger partial charge in [0.1, 0.15) is 0 Å². The van der Waals surface area contributed by atoms with Gasteiger partial charge in [0.15, 0.2) is 0 Å². The van der Waals surface area contributed by atoms with Gasteiger partial charge in [0.25, 0.3) is 0 Å². The average molecular weight is 253 g/mol. The largest absolute Gasteiger partial charge is 0.303 e. The maximum Gasteiger partial charge on any atom is 0.0605 e. The minimum Gasteiger partial charge on any atom is -0.303 e.